The number of halogens is 3. The molecule has 0 radical (unpaired) electrons. The van der Waals surface area contributed by atoms with Gasteiger partial charge in [-0.25, -0.2) is 4.68 Å². The molecular weight excluding hydrogens is 525 g/mol. The topological polar surface area (TPSA) is 116 Å². The van der Waals surface area contributed by atoms with Crippen LogP contribution in [0.3, 0.4) is 0 Å². The van der Waals surface area contributed by atoms with Crippen molar-refractivity contribution in [3.63, 3.8) is 0 Å². The summed E-state index contributed by atoms with van der Waals surface area (Å²) in [6, 6.07) is 13.7. The second kappa shape index (κ2) is 11.8. The van der Waals surface area contributed by atoms with Gasteiger partial charge in [-0.15, -0.1) is 10.2 Å². The van der Waals surface area contributed by atoms with E-state index >= 15 is 0 Å². The van der Waals surface area contributed by atoms with E-state index in [1.807, 2.05) is 6.07 Å². The van der Waals surface area contributed by atoms with Crippen LogP contribution >= 0.6 is 0 Å². The van der Waals surface area contributed by atoms with Crippen molar-refractivity contribution in [3.05, 3.63) is 78.1 Å². The highest BCUT2D eigenvalue weighted by molar-refractivity contribution is 5.95. The molecule has 1 aliphatic carbocycles. The summed E-state index contributed by atoms with van der Waals surface area (Å²) in [7, 11) is 0. The Labute approximate surface area is 227 Å². The fourth-order valence-corrected chi connectivity index (χ4v) is 4.88. The molecule has 1 aromatic carbocycles. The lowest BCUT2D eigenvalue weighted by Gasteiger charge is -2.25. The molecule has 0 saturated heterocycles. The molecule has 1 aliphatic rings. The number of amides is 1. The van der Waals surface area contributed by atoms with Gasteiger partial charge in [0.1, 0.15) is 11.5 Å². The maximum atomic E-state index is 13.5. The van der Waals surface area contributed by atoms with Crippen molar-refractivity contribution in [1.82, 2.24) is 30.3 Å². The number of Topliss-reactive ketones (excluding diaryl/α,β-unsaturated/α-hetero) is 1. The number of rotatable bonds is 9. The number of nitrogens with zero attached hydrogens (tertiary/aromatic N) is 5. The molecule has 0 unspecified atom stereocenters. The number of aromatic nitrogens is 5. The molecule has 3 aromatic heterocycles. The van der Waals surface area contributed by atoms with Crippen LogP contribution in [-0.4, -0.2) is 43.2 Å². The first-order valence-electron chi connectivity index (χ1n) is 13.1. The summed E-state index contributed by atoms with van der Waals surface area (Å²) in [6.45, 7) is 0.0754. The van der Waals surface area contributed by atoms with Crippen LogP contribution in [0.4, 0.5) is 13.2 Å². The number of hydrogen-bond acceptors (Lipinski definition) is 7. The van der Waals surface area contributed by atoms with Crippen LogP contribution in [0.5, 0.6) is 0 Å². The van der Waals surface area contributed by atoms with E-state index in [0.29, 0.717) is 42.4 Å². The lowest BCUT2D eigenvalue weighted by molar-refractivity contribution is -0.141. The highest BCUT2D eigenvalue weighted by Crippen LogP contribution is 2.37. The van der Waals surface area contributed by atoms with Crippen molar-refractivity contribution < 1.29 is 27.2 Å². The number of para-hydroxylation sites is 1. The van der Waals surface area contributed by atoms with Crippen LogP contribution in [-0.2, 0) is 11.0 Å². The number of nitrogens with one attached hydrogen (secondary N) is 1. The van der Waals surface area contributed by atoms with E-state index in [1.165, 1.54) is 0 Å². The van der Waals surface area contributed by atoms with E-state index in [0.717, 1.165) is 23.7 Å². The molecule has 5 rings (SSSR count). The third-order valence-electron chi connectivity index (χ3n) is 6.99. The van der Waals surface area contributed by atoms with Gasteiger partial charge in [0.2, 0.25) is 5.89 Å². The molecule has 0 spiro atoms. The zero-order valence-corrected chi connectivity index (χ0v) is 21.5. The van der Waals surface area contributed by atoms with Gasteiger partial charge in [0.15, 0.2) is 5.69 Å². The quantitative estimate of drug-likeness (QED) is 0.277. The molecule has 1 N–H and O–H groups in total. The lowest BCUT2D eigenvalue weighted by atomic mass is 9.79. The van der Waals surface area contributed by atoms with Crippen molar-refractivity contribution in [2.45, 2.75) is 50.6 Å². The third kappa shape index (κ3) is 6.27. The van der Waals surface area contributed by atoms with Crippen LogP contribution in [0.1, 0.15) is 66.4 Å². The summed E-state index contributed by atoms with van der Waals surface area (Å²) in [6.07, 6.45) is 1.34. The van der Waals surface area contributed by atoms with E-state index in [9.17, 15) is 22.8 Å². The molecule has 0 bridgehead atoms. The van der Waals surface area contributed by atoms with Crippen molar-refractivity contribution in [1.29, 1.82) is 0 Å². The summed E-state index contributed by atoms with van der Waals surface area (Å²) in [5.74, 6) is 0.0834. The van der Waals surface area contributed by atoms with Gasteiger partial charge in [-0.05, 0) is 56.4 Å². The van der Waals surface area contributed by atoms with Crippen molar-refractivity contribution >= 4 is 11.7 Å². The second-order valence-electron chi connectivity index (χ2n) is 9.70. The largest absolute Gasteiger partial charge is 0.435 e. The Balaban J connectivity index is 1.09. The number of carbonyl (C=O) groups is 2. The van der Waals surface area contributed by atoms with E-state index in [4.69, 9.17) is 4.42 Å². The average Bonchev–Trinajstić information content (AvgIpc) is 3.65. The molecular formula is C28H27F3N6O3. The van der Waals surface area contributed by atoms with Crippen molar-refractivity contribution in [2.24, 2.45) is 5.92 Å². The van der Waals surface area contributed by atoms with Gasteiger partial charge in [0.25, 0.3) is 11.8 Å². The zero-order valence-electron chi connectivity index (χ0n) is 21.5. The average molecular weight is 553 g/mol. The van der Waals surface area contributed by atoms with Crippen LogP contribution in [0.15, 0.2) is 65.3 Å². The molecule has 1 amide bonds. The highest BCUT2D eigenvalue weighted by Gasteiger charge is 2.39. The molecule has 4 aromatic rings. The van der Waals surface area contributed by atoms with Gasteiger partial charge in [0.05, 0.1) is 11.3 Å². The zero-order chi connectivity index (χ0) is 28.1. The van der Waals surface area contributed by atoms with Crippen LogP contribution in [0, 0.1) is 5.92 Å². The molecule has 9 nitrogen and oxygen atoms in total. The van der Waals surface area contributed by atoms with Gasteiger partial charge in [0, 0.05) is 37.2 Å². The Kier molecular flexibility index (Phi) is 8.04. The van der Waals surface area contributed by atoms with Crippen LogP contribution in [0.2, 0.25) is 0 Å². The number of benzene rings is 1. The fourth-order valence-electron chi connectivity index (χ4n) is 4.88. The first kappa shape index (κ1) is 27.2. The Bertz CT molecular complexity index is 1440. The fraction of sp³-hybridized carbons (Fsp3) is 0.357. The molecule has 0 atom stereocenters. The molecule has 12 heteroatoms. The Hall–Kier alpha value is -4.35. The Morgan fingerprint density at radius 2 is 1.75 bits per heavy atom. The number of alkyl halides is 3. The van der Waals surface area contributed by atoms with E-state index < -0.39 is 23.3 Å². The number of ketones is 1. The minimum Gasteiger partial charge on any atom is -0.419 e. The molecule has 1 saturated carbocycles. The first-order chi connectivity index (χ1) is 19.3. The summed E-state index contributed by atoms with van der Waals surface area (Å²) < 4.78 is 47.5. The van der Waals surface area contributed by atoms with E-state index in [-0.39, 0.29) is 30.6 Å². The van der Waals surface area contributed by atoms with Gasteiger partial charge in [-0.3, -0.25) is 14.6 Å². The minimum absolute atomic E-state index is 0.0754. The maximum Gasteiger partial charge on any atom is 0.435 e. The summed E-state index contributed by atoms with van der Waals surface area (Å²) in [5.41, 5.74) is -0.805. The van der Waals surface area contributed by atoms with Gasteiger partial charge in [-0.2, -0.15) is 18.3 Å². The predicted octanol–water partition coefficient (Wildman–Crippen LogP) is 5.39. The van der Waals surface area contributed by atoms with Crippen molar-refractivity contribution in [3.8, 4) is 17.3 Å². The minimum atomic E-state index is -4.79. The highest BCUT2D eigenvalue weighted by atomic mass is 19.4. The number of hydrogen-bond donors (Lipinski definition) is 1. The molecule has 208 valence electrons. The number of pyridine rings is 1. The van der Waals surface area contributed by atoms with Crippen LogP contribution < -0.4 is 5.32 Å². The predicted molar refractivity (Wildman–Crippen MR) is 137 cm³/mol. The van der Waals surface area contributed by atoms with E-state index in [1.54, 1.807) is 48.7 Å². The normalized spacial score (nSPS) is 17.5. The van der Waals surface area contributed by atoms with Gasteiger partial charge in [-0.1, -0.05) is 24.3 Å². The summed E-state index contributed by atoms with van der Waals surface area (Å²) in [5, 5.41) is 14.4. The lowest BCUT2D eigenvalue weighted by Crippen LogP contribution is -2.27. The third-order valence-corrected chi connectivity index (χ3v) is 6.99. The van der Waals surface area contributed by atoms with Crippen LogP contribution in [0.25, 0.3) is 17.3 Å². The first-order valence-corrected chi connectivity index (χ1v) is 13.1. The Morgan fingerprint density at radius 3 is 2.45 bits per heavy atom. The standard InChI is InChI=1S/C28H27F3N6O3/c29-28(30,31)24-21(17-37(36-24)20-7-2-1-3-8-20)25(39)33-16-6-10-23(38)18-11-13-19(14-12-18)26-34-35-27(40-26)22-9-4-5-15-32-22/h1-5,7-9,15,17-19H,6,10-14,16H2,(H,33,39). The smallest absolute Gasteiger partial charge is 0.419 e. The van der Waals surface area contributed by atoms with E-state index in [2.05, 4.69) is 25.6 Å². The summed E-state index contributed by atoms with van der Waals surface area (Å²) >= 11 is 0. The number of carbonyl (C=O) groups excluding carboxylic acids is 2. The van der Waals surface area contributed by atoms with Gasteiger partial charge >= 0.3 is 6.18 Å². The second-order valence-corrected chi connectivity index (χ2v) is 9.70. The monoisotopic (exact) mass is 552 g/mol. The van der Waals surface area contributed by atoms with Crippen molar-refractivity contribution in [2.75, 3.05) is 6.54 Å². The molecule has 40 heavy (non-hydrogen) atoms. The molecule has 3 heterocycles. The molecule has 1 fully saturated rings. The SMILES string of the molecule is O=C(NCCCC(=O)C1CCC(c2nnc(-c3ccccn3)o2)CC1)c1cn(-c2ccccc2)nc1C(F)(F)F. The maximum absolute atomic E-state index is 13.5. The Morgan fingerprint density at radius 1 is 1.00 bits per heavy atom. The summed E-state index contributed by atoms with van der Waals surface area (Å²) in [4.78, 5) is 29.6. The van der Waals surface area contributed by atoms with Gasteiger partial charge < -0.3 is 9.73 Å². The molecule has 0 aliphatic heterocycles.